The maximum Gasteiger partial charge on any atom is 0.0741 e. The first-order chi connectivity index (χ1) is 5.79. The fraction of sp³-hybridized carbons (Fsp3) is 1.00. The van der Waals surface area contributed by atoms with Crippen LogP contribution in [0.5, 0.6) is 0 Å². The van der Waals surface area contributed by atoms with Gasteiger partial charge in [0.1, 0.15) is 0 Å². The highest BCUT2D eigenvalue weighted by atomic mass is 16.3. The molecule has 3 atom stereocenters. The summed E-state index contributed by atoms with van der Waals surface area (Å²) in [5.41, 5.74) is -0.637. The first-order valence-electron chi connectivity index (χ1n) is 5.27. The summed E-state index contributed by atoms with van der Waals surface area (Å²) in [6.45, 7) is 12.3. The number of hydrogen-bond acceptors (Lipinski definition) is 2. The Hall–Kier alpha value is -0.0800. The van der Waals surface area contributed by atoms with Gasteiger partial charge in [0.15, 0.2) is 0 Å². The van der Waals surface area contributed by atoms with Gasteiger partial charge in [0, 0.05) is 12.1 Å². The first kappa shape index (κ1) is 12.9. The van der Waals surface area contributed by atoms with E-state index in [1.54, 1.807) is 0 Å². The monoisotopic (exact) mass is 187 g/mol. The molecule has 0 aromatic carbocycles. The normalized spacial score (nSPS) is 19.6. The molecule has 0 spiro atoms. The minimum Gasteiger partial charge on any atom is -0.389 e. The zero-order valence-electron chi connectivity index (χ0n) is 9.89. The molecule has 0 aliphatic heterocycles. The summed E-state index contributed by atoms with van der Waals surface area (Å²) < 4.78 is 0. The third-order valence-corrected chi connectivity index (χ3v) is 3.07. The average Bonchev–Trinajstić information content (AvgIpc) is 2.01. The molecule has 0 fully saturated rings. The molecule has 3 unspecified atom stereocenters. The van der Waals surface area contributed by atoms with Crippen LogP contribution in [0.3, 0.4) is 0 Å². The molecule has 13 heavy (non-hydrogen) atoms. The van der Waals surface area contributed by atoms with Crippen LogP contribution in [0.25, 0.3) is 0 Å². The fourth-order valence-corrected chi connectivity index (χ4v) is 1.12. The summed E-state index contributed by atoms with van der Waals surface area (Å²) in [5, 5.41) is 13.1. The Balaban J connectivity index is 3.98. The zero-order valence-corrected chi connectivity index (χ0v) is 9.89. The Labute approximate surface area is 82.7 Å². The Bertz CT molecular complexity index is 140. The van der Waals surface area contributed by atoms with Crippen LogP contribution in [0.2, 0.25) is 0 Å². The van der Waals surface area contributed by atoms with Crippen LogP contribution in [-0.2, 0) is 0 Å². The third kappa shape index (κ3) is 4.63. The molecule has 0 heterocycles. The van der Waals surface area contributed by atoms with E-state index in [-0.39, 0.29) is 6.04 Å². The minimum absolute atomic E-state index is 0.136. The van der Waals surface area contributed by atoms with E-state index in [1.165, 1.54) is 6.42 Å². The van der Waals surface area contributed by atoms with Crippen LogP contribution in [0.15, 0.2) is 0 Å². The van der Waals surface area contributed by atoms with Gasteiger partial charge in [-0.2, -0.15) is 0 Å². The fourth-order valence-electron chi connectivity index (χ4n) is 1.12. The van der Waals surface area contributed by atoms with Gasteiger partial charge in [0.05, 0.1) is 5.60 Å². The topological polar surface area (TPSA) is 32.3 Å². The second-order valence-electron chi connectivity index (χ2n) is 4.72. The van der Waals surface area contributed by atoms with Crippen LogP contribution in [0.1, 0.15) is 48.0 Å². The van der Waals surface area contributed by atoms with E-state index < -0.39 is 5.60 Å². The van der Waals surface area contributed by atoms with Gasteiger partial charge >= 0.3 is 0 Å². The maximum absolute atomic E-state index is 9.73. The third-order valence-electron chi connectivity index (χ3n) is 3.07. The van der Waals surface area contributed by atoms with Gasteiger partial charge in [0.2, 0.25) is 0 Å². The molecule has 0 radical (unpaired) electrons. The van der Waals surface area contributed by atoms with Crippen LogP contribution in [0.4, 0.5) is 0 Å². The van der Waals surface area contributed by atoms with Crippen molar-refractivity contribution in [2.45, 2.75) is 65.6 Å². The number of aliphatic hydroxyl groups is 1. The Morgan fingerprint density at radius 2 is 1.69 bits per heavy atom. The van der Waals surface area contributed by atoms with Gasteiger partial charge in [-0.15, -0.1) is 0 Å². The second-order valence-corrected chi connectivity index (χ2v) is 4.72. The van der Waals surface area contributed by atoms with Crippen molar-refractivity contribution in [3.63, 3.8) is 0 Å². The highest BCUT2D eigenvalue weighted by Gasteiger charge is 2.24. The Morgan fingerprint density at radius 3 is 2.00 bits per heavy atom. The van der Waals surface area contributed by atoms with E-state index in [0.717, 1.165) is 0 Å². The van der Waals surface area contributed by atoms with E-state index in [4.69, 9.17) is 0 Å². The lowest BCUT2D eigenvalue weighted by molar-refractivity contribution is 0.0378. The lowest BCUT2D eigenvalue weighted by Crippen LogP contribution is -2.49. The summed E-state index contributed by atoms with van der Waals surface area (Å²) >= 11 is 0. The summed E-state index contributed by atoms with van der Waals surface area (Å²) in [4.78, 5) is 0. The second kappa shape index (κ2) is 4.97. The van der Waals surface area contributed by atoms with Crippen molar-refractivity contribution in [2.24, 2.45) is 5.92 Å². The van der Waals surface area contributed by atoms with Crippen molar-refractivity contribution in [1.82, 2.24) is 5.32 Å². The maximum atomic E-state index is 9.73. The van der Waals surface area contributed by atoms with Gasteiger partial charge < -0.3 is 10.4 Å². The molecule has 0 aromatic heterocycles. The van der Waals surface area contributed by atoms with Crippen molar-refractivity contribution in [3.05, 3.63) is 0 Å². The zero-order chi connectivity index (χ0) is 10.6. The van der Waals surface area contributed by atoms with Crippen molar-refractivity contribution in [1.29, 1.82) is 0 Å². The highest BCUT2D eigenvalue weighted by molar-refractivity contribution is 4.82. The molecule has 0 aliphatic carbocycles. The molecule has 0 aliphatic rings. The average molecular weight is 187 g/mol. The molecule has 0 aromatic rings. The summed E-state index contributed by atoms with van der Waals surface area (Å²) in [6.07, 6.45) is 1.17. The standard InChI is InChI=1S/C11H25NO/c1-7-8(2)9(3)12-10(4)11(5,6)13/h8-10,12-13H,7H2,1-6H3. The SMILES string of the molecule is CCC(C)C(C)NC(C)C(C)(C)O. The van der Waals surface area contributed by atoms with Crippen molar-refractivity contribution in [3.8, 4) is 0 Å². The van der Waals surface area contributed by atoms with E-state index in [2.05, 4.69) is 26.1 Å². The van der Waals surface area contributed by atoms with Gasteiger partial charge in [0.25, 0.3) is 0 Å². The molecule has 2 nitrogen and oxygen atoms in total. The largest absolute Gasteiger partial charge is 0.389 e. The molecule has 0 saturated heterocycles. The quantitative estimate of drug-likeness (QED) is 0.691. The summed E-state index contributed by atoms with van der Waals surface area (Å²) in [5.74, 6) is 0.657. The highest BCUT2D eigenvalue weighted by Crippen LogP contribution is 2.12. The summed E-state index contributed by atoms with van der Waals surface area (Å²) in [7, 11) is 0. The first-order valence-corrected chi connectivity index (χ1v) is 5.27. The molecule has 0 rings (SSSR count). The van der Waals surface area contributed by atoms with E-state index in [1.807, 2.05) is 20.8 Å². The molecule has 0 saturated carbocycles. The predicted octanol–water partition coefficient (Wildman–Crippen LogP) is 2.17. The molecule has 2 heteroatoms. The smallest absolute Gasteiger partial charge is 0.0741 e. The molecule has 80 valence electrons. The number of hydrogen-bond donors (Lipinski definition) is 2. The minimum atomic E-state index is -0.637. The molecular formula is C11H25NO. The van der Waals surface area contributed by atoms with E-state index >= 15 is 0 Å². The molecule has 0 bridgehead atoms. The van der Waals surface area contributed by atoms with Gasteiger partial charge in [-0.05, 0) is 33.6 Å². The van der Waals surface area contributed by atoms with Crippen LogP contribution >= 0.6 is 0 Å². The van der Waals surface area contributed by atoms with Crippen LogP contribution in [-0.4, -0.2) is 22.8 Å². The molecular weight excluding hydrogens is 162 g/mol. The van der Waals surface area contributed by atoms with Crippen LogP contribution in [0, 0.1) is 5.92 Å². The van der Waals surface area contributed by atoms with E-state index in [0.29, 0.717) is 12.0 Å². The Kier molecular flexibility index (Phi) is 4.93. The van der Waals surface area contributed by atoms with Crippen molar-refractivity contribution >= 4 is 0 Å². The lowest BCUT2D eigenvalue weighted by atomic mass is 9.95. The van der Waals surface area contributed by atoms with Gasteiger partial charge in [-0.25, -0.2) is 0 Å². The van der Waals surface area contributed by atoms with Gasteiger partial charge in [-0.3, -0.25) is 0 Å². The Morgan fingerprint density at radius 1 is 1.23 bits per heavy atom. The lowest BCUT2D eigenvalue weighted by Gasteiger charge is -2.32. The van der Waals surface area contributed by atoms with Crippen LogP contribution < -0.4 is 5.32 Å². The number of nitrogens with one attached hydrogen (secondary N) is 1. The van der Waals surface area contributed by atoms with Crippen molar-refractivity contribution in [2.75, 3.05) is 0 Å². The summed E-state index contributed by atoms with van der Waals surface area (Å²) in [6, 6.07) is 0.600. The predicted molar refractivity (Wildman–Crippen MR) is 57.8 cm³/mol. The van der Waals surface area contributed by atoms with E-state index in [9.17, 15) is 5.11 Å². The van der Waals surface area contributed by atoms with Gasteiger partial charge in [-0.1, -0.05) is 20.3 Å². The number of rotatable bonds is 5. The molecule has 2 N–H and O–H groups in total. The van der Waals surface area contributed by atoms with Crippen molar-refractivity contribution < 1.29 is 5.11 Å². The molecule has 0 amide bonds.